The van der Waals surface area contributed by atoms with Gasteiger partial charge in [0.25, 0.3) is 0 Å². The molecule has 0 bridgehead atoms. The third kappa shape index (κ3) is 2.27. The van der Waals surface area contributed by atoms with Crippen molar-refractivity contribution >= 4 is 47.6 Å². The molecule has 0 radical (unpaired) electrons. The first-order chi connectivity index (χ1) is 9.47. The molecular formula is C15H11BrO3S. The number of benzene rings is 3. The van der Waals surface area contributed by atoms with Crippen molar-refractivity contribution in [2.45, 2.75) is 0 Å². The van der Waals surface area contributed by atoms with E-state index in [1.54, 1.807) is 0 Å². The van der Waals surface area contributed by atoms with E-state index in [0.29, 0.717) is 5.75 Å². The lowest BCUT2D eigenvalue weighted by molar-refractivity contribution is 0.498. The van der Waals surface area contributed by atoms with E-state index in [-0.39, 0.29) is 0 Å². The molecule has 0 aliphatic carbocycles. The van der Waals surface area contributed by atoms with E-state index in [9.17, 15) is 8.42 Å². The first kappa shape index (κ1) is 13.4. The maximum Gasteiger partial charge on any atom is 0.306 e. The lowest BCUT2D eigenvalue weighted by Gasteiger charge is -2.13. The van der Waals surface area contributed by atoms with Crippen LogP contribution in [0.3, 0.4) is 0 Å². The van der Waals surface area contributed by atoms with Crippen LogP contribution in [0.2, 0.25) is 0 Å². The van der Waals surface area contributed by atoms with E-state index < -0.39 is 10.1 Å². The Labute approximate surface area is 125 Å². The fourth-order valence-electron chi connectivity index (χ4n) is 2.28. The summed E-state index contributed by atoms with van der Waals surface area (Å²) in [5.41, 5.74) is 0. The van der Waals surface area contributed by atoms with Gasteiger partial charge in [0.05, 0.1) is 6.26 Å². The van der Waals surface area contributed by atoms with Gasteiger partial charge in [-0.05, 0) is 15.9 Å². The molecule has 0 spiro atoms. The van der Waals surface area contributed by atoms with Crippen LogP contribution in [0.25, 0.3) is 21.5 Å². The molecule has 0 aliphatic heterocycles. The van der Waals surface area contributed by atoms with Crippen LogP contribution >= 0.6 is 15.9 Å². The highest BCUT2D eigenvalue weighted by molar-refractivity contribution is 9.10. The van der Waals surface area contributed by atoms with Crippen LogP contribution in [-0.4, -0.2) is 14.7 Å². The first-order valence-corrected chi connectivity index (χ1v) is 8.57. The van der Waals surface area contributed by atoms with Gasteiger partial charge >= 0.3 is 10.1 Å². The number of halogens is 1. The van der Waals surface area contributed by atoms with Crippen molar-refractivity contribution in [1.82, 2.24) is 0 Å². The lowest BCUT2D eigenvalue weighted by atomic mass is 10.0. The standard InChI is InChI=1S/C15H11BrO3S/c1-20(17,18)19-15-12-8-4-2-6-10(12)14(16)11-7-3-5-9-13(11)15/h2-9H,1H3. The monoisotopic (exact) mass is 350 g/mol. The highest BCUT2D eigenvalue weighted by Gasteiger charge is 2.16. The molecular weight excluding hydrogens is 340 g/mol. The van der Waals surface area contributed by atoms with Gasteiger partial charge in [0.2, 0.25) is 0 Å². The van der Waals surface area contributed by atoms with Crippen molar-refractivity contribution in [3.63, 3.8) is 0 Å². The van der Waals surface area contributed by atoms with E-state index in [2.05, 4.69) is 15.9 Å². The second kappa shape index (κ2) is 4.75. The van der Waals surface area contributed by atoms with Crippen molar-refractivity contribution in [2.24, 2.45) is 0 Å². The summed E-state index contributed by atoms with van der Waals surface area (Å²) in [5.74, 6) is 0.377. The Morgan fingerprint density at radius 3 is 1.65 bits per heavy atom. The van der Waals surface area contributed by atoms with Gasteiger partial charge in [-0.1, -0.05) is 48.5 Å². The van der Waals surface area contributed by atoms with E-state index in [1.807, 2.05) is 48.5 Å². The molecule has 3 aromatic rings. The smallest absolute Gasteiger partial charge is 0.306 e. The predicted molar refractivity (Wildman–Crippen MR) is 84.6 cm³/mol. The SMILES string of the molecule is CS(=O)(=O)Oc1c2ccccc2c(Br)c2ccccc12. The van der Waals surface area contributed by atoms with Gasteiger partial charge in [0.15, 0.2) is 5.75 Å². The topological polar surface area (TPSA) is 43.4 Å². The van der Waals surface area contributed by atoms with Gasteiger partial charge in [-0.15, -0.1) is 0 Å². The van der Waals surface area contributed by atoms with Crippen molar-refractivity contribution in [2.75, 3.05) is 6.26 Å². The maximum absolute atomic E-state index is 11.5. The molecule has 5 heteroatoms. The normalized spacial score (nSPS) is 11.9. The second-order valence-corrected chi connectivity index (χ2v) is 6.89. The van der Waals surface area contributed by atoms with Crippen molar-refractivity contribution in [3.8, 4) is 5.75 Å². The Bertz CT molecular complexity index is 860. The van der Waals surface area contributed by atoms with Crippen LogP contribution < -0.4 is 4.18 Å². The zero-order valence-electron chi connectivity index (χ0n) is 10.6. The Hall–Kier alpha value is -1.59. The Morgan fingerprint density at radius 1 is 0.850 bits per heavy atom. The number of rotatable bonds is 2. The summed E-state index contributed by atoms with van der Waals surface area (Å²) >= 11 is 3.59. The average molecular weight is 351 g/mol. The number of fused-ring (bicyclic) bond motifs is 2. The van der Waals surface area contributed by atoms with Crippen LogP contribution in [0.15, 0.2) is 53.0 Å². The Morgan fingerprint density at radius 2 is 1.25 bits per heavy atom. The molecule has 0 aliphatic rings. The molecule has 3 aromatic carbocycles. The van der Waals surface area contributed by atoms with E-state index in [0.717, 1.165) is 32.3 Å². The minimum Gasteiger partial charge on any atom is -0.381 e. The molecule has 0 fully saturated rings. The zero-order valence-corrected chi connectivity index (χ0v) is 13.0. The molecule has 0 atom stereocenters. The summed E-state index contributed by atoms with van der Waals surface area (Å²) in [7, 11) is -3.59. The predicted octanol–water partition coefficient (Wildman–Crippen LogP) is 4.09. The van der Waals surface area contributed by atoms with Crippen LogP contribution in [-0.2, 0) is 10.1 Å². The highest BCUT2D eigenvalue weighted by Crippen LogP contribution is 2.41. The van der Waals surface area contributed by atoms with E-state index in [4.69, 9.17) is 4.18 Å². The molecule has 0 saturated carbocycles. The molecule has 102 valence electrons. The van der Waals surface area contributed by atoms with Gasteiger partial charge in [0, 0.05) is 26.0 Å². The summed E-state index contributed by atoms with van der Waals surface area (Å²) in [6.07, 6.45) is 1.05. The molecule has 0 saturated heterocycles. The number of hydrogen-bond acceptors (Lipinski definition) is 3. The molecule has 0 heterocycles. The van der Waals surface area contributed by atoms with Crippen LogP contribution in [0, 0.1) is 0 Å². The van der Waals surface area contributed by atoms with Crippen LogP contribution in [0.4, 0.5) is 0 Å². The molecule has 0 unspecified atom stereocenters. The maximum atomic E-state index is 11.5. The van der Waals surface area contributed by atoms with Gasteiger partial charge < -0.3 is 4.18 Å². The fourth-order valence-corrected chi connectivity index (χ4v) is 3.45. The van der Waals surface area contributed by atoms with Crippen molar-refractivity contribution in [1.29, 1.82) is 0 Å². The summed E-state index contributed by atoms with van der Waals surface area (Å²) in [5, 5.41) is 3.38. The van der Waals surface area contributed by atoms with Gasteiger partial charge in [-0.3, -0.25) is 0 Å². The van der Waals surface area contributed by atoms with Crippen molar-refractivity contribution < 1.29 is 12.6 Å². The average Bonchev–Trinajstić information content (AvgIpc) is 2.42. The molecule has 0 N–H and O–H groups in total. The van der Waals surface area contributed by atoms with Crippen LogP contribution in [0.1, 0.15) is 0 Å². The minimum atomic E-state index is -3.59. The fraction of sp³-hybridized carbons (Fsp3) is 0.0667. The number of hydrogen-bond donors (Lipinski definition) is 0. The minimum absolute atomic E-state index is 0.377. The van der Waals surface area contributed by atoms with E-state index in [1.165, 1.54) is 0 Å². The summed E-state index contributed by atoms with van der Waals surface area (Å²) in [4.78, 5) is 0. The lowest BCUT2D eigenvalue weighted by Crippen LogP contribution is -2.06. The Kier molecular flexibility index (Phi) is 3.18. The second-order valence-electron chi connectivity index (χ2n) is 4.52. The third-order valence-corrected chi connectivity index (χ3v) is 4.37. The molecule has 0 amide bonds. The van der Waals surface area contributed by atoms with E-state index >= 15 is 0 Å². The third-order valence-electron chi connectivity index (χ3n) is 3.05. The largest absolute Gasteiger partial charge is 0.381 e. The summed E-state index contributed by atoms with van der Waals surface area (Å²) in [6, 6.07) is 15.1. The quantitative estimate of drug-likeness (QED) is 0.516. The van der Waals surface area contributed by atoms with Crippen molar-refractivity contribution in [3.05, 3.63) is 53.0 Å². The van der Waals surface area contributed by atoms with Crippen LogP contribution in [0.5, 0.6) is 5.75 Å². The zero-order chi connectivity index (χ0) is 14.3. The summed E-state index contributed by atoms with van der Waals surface area (Å²) in [6.45, 7) is 0. The molecule has 3 nitrogen and oxygen atoms in total. The van der Waals surface area contributed by atoms with Gasteiger partial charge in [0.1, 0.15) is 0 Å². The van der Waals surface area contributed by atoms with Gasteiger partial charge in [-0.25, -0.2) is 0 Å². The molecule has 3 rings (SSSR count). The highest BCUT2D eigenvalue weighted by atomic mass is 79.9. The Balaban J connectivity index is 2.53. The first-order valence-electron chi connectivity index (χ1n) is 5.96. The van der Waals surface area contributed by atoms with Gasteiger partial charge in [-0.2, -0.15) is 8.42 Å². The molecule has 20 heavy (non-hydrogen) atoms. The summed E-state index contributed by atoms with van der Waals surface area (Å²) < 4.78 is 29.2. The molecule has 0 aromatic heterocycles.